The van der Waals surface area contributed by atoms with E-state index in [0.29, 0.717) is 19.2 Å². The monoisotopic (exact) mass is 340 g/mol. The number of alkyl halides is 3. The molecule has 2 aromatic rings. The van der Waals surface area contributed by atoms with Crippen molar-refractivity contribution in [1.82, 2.24) is 9.55 Å². The Bertz CT molecular complexity index is 731. The van der Waals surface area contributed by atoms with Gasteiger partial charge in [0.25, 0.3) is 5.69 Å². The van der Waals surface area contributed by atoms with Crippen LogP contribution in [0.5, 0.6) is 0 Å². The topological polar surface area (TPSA) is 64.2 Å². The second kappa shape index (κ2) is 6.14. The van der Waals surface area contributed by atoms with E-state index < -0.39 is 22.4 Å². The molecule has 3 rings (SSSR count). The Hall–Kier alpha value is -2.58. The minimum atomic E-state index is -4.61. The number of hydrogen-bond acceptors (Lipinski definition) is 4. The van der Waals surface area contributed by atoms with Gasteiger partial charge in [-0.3, -0.25) is 10.1 Å². The van der Waals surface area contributed by atoms with Crippen LogP contribution in [-0.2, 0) is 6.18 Å². The number of rotatable bonds is 3. The Labute approximate surface area is 135 Å². The average Bonchev–Trinajstić information content (AvgIpc) is 3.08. The van der Waals surface area contributed by atoms with Gasteiger partial charge in [0.1, 0.15) is 5.69 Å². The Morgan fingerprint density at radius 3 is 2.75 bits per heavy atom. The summed E-state index contributed by atoms with van der Waals surface area (Å²) in [5.41, 5.74) is -1.31. The number of anilines is 1. The molecule has 128 valence electrons. The summed E-state index contributed by atoms with van der Waals surface area (Å²) in [6.45, 7) is 1.06. The summed E-state index contributed by atoms with van der Waals surface area (Å²) in [7, 11) is 0. The lowest BCUT2D eigenvalue weighted by molar-refractivity contribution is -0.384. The van der Waals surface area contributed by atoms with E-state index in [1.54, 1.807) is 17.4 Å². The molecule has 0 aliphatic carbocycles. The lowest BCUT2D eigenvalue weighted by Crippen LogP contribution is -2.36. The molecule has 0 bridgehead atoms. The first-order valence-corrected chi connectivity index (χ1v) is 7.44. The van der Waals surface area contributed by atoms with Crippen molar-refractivity contribution in [2.24, 2.45) is 0 Å². The van der Waals surface area contributed by atoms with Crippen molar-refractivity contribution >= 4 is 11.4 Å². The molecule has 1 aromatic heterocycles. The zero-order valence-electron chi connectivity index (χ0n) is 12.6. The summed E-state index contributed by atoms with van der Waals surface area (Å²) in [6.07, 6.45) is 2.22. The predicted octanol–water partition coefficient (Wildman–Crippen LogP) is 3.65. The standard InChI is InChI=1S/C15H15F3N4O2/c16-15(17,18)11-3-4-13(14(8-11)22(23)24)20-6-1-2-12(9-20)21-7-5-19-10-21/h3-5,7-8,10,12H,1-2,6,9H2. The van der Waals surface area contributed by atoms with E-state index in [9.17, 15) is 23.3 Å². The highest BCUT2D eigenvalue weighted by Gasteiger charge is 2.34. The molecule has 1 unspecified atom stereocenters. The zero-order chi connectivity index (χ0) is 17.3. The first kappa shape index (κ1) is 16.3. The van der Waals surface area contributed by atoms with Gasteiger partial charge in [-0.1, -0.05) is 0 Å². The summed E-state index contributed by atoms with van der Waals surface area (Å²) in [4.78, 5) is 16.3. The van der Waals surface area contributed by atoms with Gasteiger partial charge >= 0.3 is 6.18 Å². The molecule has 9 heteroatoms. The number of imidazole rings is 1. The molecule has 1 aliphatic rings. The minimum Gasteiger partial charge on any atom is -0.364 e. The molecule has 0 radical (unpaired) electrons. The van der Waals surface area contributed by atoms with Crippen LogP contribution >= 0.6 is 0 Å². The molecule has 0 saturated carbocycles. The van der Waals surface area contributed by atoms with E-state index >= 15 is 0 Å². The Morgan fingerprint density at radius 2 is 2.12 bits per heavy atom. The van der Waals surface area contributed by atoms with E-state index in [0.717, 1.165) is 18.9 Å². The van der Waals surface area contributed by atoms with Gasteiger partial charge in [0.15, 0.2) is 0 Å². The van der Waals surface area contributed by atoms with E-state index in [2.05, 4.69) is 4.98 Å². The summed E-state index contributed by atoms with van der Waals surface area (Å²) in [5, 5.41) is 11.3. The Morgan fingerprint density at radius 1 is 1.33 bits per heavy atom. The van der Waals surface area contributed by atoms with E-state index in [1.165, 1.54) is 6.07 Å². The van der Waals surface area contributed by atoms with Crippen LogP contribution in [-0.4, -0.2) is 27.6 Å². The molecule has 24 heavy (non-hydrogen) atoms. The predicted molar refractivity (Wildman–Crippen MR) is 80.8 cm³/mol. The molecule has 1 atom stereocenters. The molecular formula is C15H15F3N4O2. The number of nitro benzene ring substituents is 1. The highest BCUT2D eigenvalue weighted by atomic mass is 19.4. The fraction of sp³-hybridized carbons (Fsp3) is 0.400. The van der Waals surface area contributed by atoms with Crippen molar-refractivity contribution in [1.29, 1.82) is 0 Å². The van der Waals surface area contributed by atoms with Crippen molar-refractivity contribution in [3.05, 3.63) is 52.6 Å². The molecule has 1 saturated heterocycles. The van der Waals surface area contributed by atoms with Crippen LogP contribution < -0.4 is 4.90 Å². The molecule has 2 heterocycles. The van der Waals surface area contributed by atoms with Crippen molar-refractivity contribution in [2.75, 3.05) is 18.0 Å². The number of nitro groups is 1. The number of benzene rings is 1. The number of hydrogen-bond donors (Lipinski definition) is 0. The van der Waals surface area contributed by atoms with Crippen LogP contribution in [0, 0.1) is 10.1 Å². The second-order valence-corrected chi connectivity index (χ2v) is 5.71. The lowest BCUT2D eigenvalue weighted by atomic mass is 10.0. The molecule has 1 fully saturated rings. The van der Waals surface area contributed by atoms with Gasteiger partial charge in [-0.2, -0.15) is 13.2 Å². The first-order chi connectivity index (χ1) is 11.4. The van der Waals surface area contributed by atoms with Crippen LogP contribution in [0.15, 0.2) is 36.9 Å². The van der Waals surface area contributed by atoms with Gasteiger partial charge in [0.2, 0.25) is 0 Å². The van der Waals surface area contributed by atoms with Crippen molar-refractivity contribution in [3.8, 4) is 0 Å². The maximum absolute atomic E-state index is 12.8. The van der Waals surface area contributed by atoms with Gasteiger partial charge in [0.05, 0.1) is 22.9 Å². The fourth-order valence-electron chi connectivity index (χ4n) is 3.02. The SMILES string of the molecule is O=[N+]([O-])c1cc(C(F)(F)F)ccc1N1CCCC(n2ccnc2)C1. The third kappa shape index (κ3) is 3.19. The van der Waals surface area contributed by atoms with E-state index in [4.69, 9.17) is 0 Å². The quantitative estimate of drug-likeness (QED) is 0.632. The van der Waals surface area contributed by atoms with Crippen LogP contribution in [0.3, 0.4) is 0 Å². The number of aromatic nitrogens is 2. The van der Waals surface area contributed by atoms with Crippen LogP contribution in [0.4, 0.5) is 24.5 Å². The van der Waals surface area contributed by atoms with Crippen LogP contribution in [0.2, 0.25) is 0 Å². The number of piperidine rings is 1. The van der Waals surface area contributed by atoms with Crippen LogP contribution in [0.25, 0.3) is 0 Å². The summed E-state index contributed by atoms with van der Waals surface area (Å²) < 4.78 is 40.3. The summed E-state index contributed by atoms with van der Waals surface area (Å²) in [6, 6.07) is 2.78. The fourth-order valence-corrected chi connectivity index (χ4v) is 3.02. The molecule has 0 spiro atoms. The zero-order valence-corrected chi connectivity index (χ0v) is 12.6. The Kier molecular flexibility index (Phi) is 4.16. The molecule has 1 aromatic carbocycles. The van der Waals surface area contributed by atoms with Crippen molar-refractivity contribution in [2.45, 2.75) is 25.1 Å². The number of nitrogens with zero attached hydrogens (tertiary/aromatic N) is 4. The van der Waals surface area contributed by atoms with Gasteiger partial charge in [-0.05, 0) is 25.0 Å². The second-order valence-electron chi connectivity index (χ2n) is 5.71. The number of halogens is 3. The highest BCUT2D eigenvalue weighted by Crippen LogP contribution is 2.38. The third-order valence-electron chi connectivity index (χ3n) is 4.18. The van der Waals surface area contributed by atoms with Crippen LogP contribution in [0.1, 0.15) is 24.4 Å². The van der Waals surface area contributed by atoms with Gasteiger partial charge < -0.3 is 9.47 Å². The Balaban J connectivity index is 1.92. The maximum atomic E-state index is 12.8. The van der Waals surface area contributed by atoms with Gasteiger partial charge in [-0.15, -0.1) is 0 Å². The molecule has 0 amide bonds. The minimum absolute atomic E-state index is 0.0862. The maximum Gasteiger partial charge on any atom is 0.416 e. The molecule has 0 N–H and O–H groups in total. The van der Waals surface area contributed by atoms with Gasteiger partial charge in [0, 0.05) is 31.5 Å². The highest BCUT2D eigenvalue weighted by molar-refractivity contribution is 5.65. The van der Waals surface area contributed by atoms with Crippen molar-refractivity contribution in [3.63, 3.8) is 0 Å². The average molecular weight is 340 g/mol. The van der Waals surface area contributed by atoms with E-state index in [1.807, 2.05) is 10.8 Å². The third-order valence-corrected chi connectivity index (χ3v) is 4.18. The summed E-state index contributed by atoms with van der Waals surface area (Å²) >= 11 is 0. The molecule has 1 aliphatic heterocycles. The normalized spacial score (nSPS) is 18.6. The summed E-state index contributed by atoms with van der Waals surface area (Å²) in [5.74, 6) is 0. The smallest absolute Gasteiger partial charge is 0.364 e. The lowest BCUT2D eigenvalue weighted by Gasteiger charge is -2.34. The first-order valence-electron chi connectivity index (χ1n) is 7.44. The van der Waals surface area contributed by atoms with Crippen molar-refractivity contribution < 1.29 is 18.1 Å². The van der Waals surface area contributed by atoms with Gasteiger partial charge in [-0.25, -0.2) is 4.98 Å². The van der Waals surface area contributed by atoms with E-state index in [-0.39, 0.29) is 11.7 Å². The molecular weight excluding hydrogens is 325 g/mol. The molecule has 6 nitrogen and oxygen atoms in total. The largest absolute Gasteiger partial charge is 0.416 e.